The van der Waals surface area contributed by atoms with Crippen LogP contribution in [-0.2, 0) is 4.84 Å². The lowest BCUT2D eigenvalue weighted by Gasteiger charge is -1.96. The molecular formula is C11H18NO. The van der Waals surface area contributed by atoms with Crippen LogP contribution < -0.4 is 0 Å². The predicted octanol–water partition coefficient (Wildman–Crippen LogP) is 2.94. The molecule has 0 bridgehead atoms. The van der Waals surface area contributed by atoms with Crippen LogP contribution in [0.4, 0.5) is 0 Å². The number of nitrogens with zero attached hydrogens (tertiary/aromatic N) is 1. The zero-order chi connectivity index (χ0) is 9.78. The Morgan fingerprint density at radius 3 is 2.62 bits per heavy atom. The van der Waals surface area contributed by atoms with Gasteiger partial charge >= 0.3 is 0 Å². The van der Waals surface area contributed by atoms with Crippen molar-refractivity contribution in [3.63, 3.8) is 0 Å². The lowest BCUT2D eigenvalue weighted by molar-refractivity contribution is 0.214. The monoisotopic (exact) mass is 180 g/mol. The van der Waals surface area contributed by atoms with Gasteiger partial charge in [-0.05, 0) is 25.7 Å². The molecule has 0 heterocycles. The Morgan fingerprint density at radius 2 is 1.92 bits per heavy atom. The molecule has 0 rings (SSSR count). The van der Waals surface area contributed by atoms with Crippen molar-refractivity contribution in [1.29, 1.82) is 0 Å². The van der Waals surface area contributed by atoms with Crippen molar-refractivity contribution < 1.29 is 4.84 Å². The molecule has 2 heteroatoms. The van der Waals surface area contributed by atoms with Gasteiger partial charge in [0.25, 0.3) is 0 Å². The summed E-state index contributed by atoms with van der Waals surface area (Å²) in [4.78, 5) is 4.54. The summed E-state index contributed by atoms with van der Waals surface area (Å²) in [7, 11) is 1.56. The lowest BCUT2D eigenvalue weighted by atomic mass is 10.1. The fourth-order valence-electron chi connectivity index (χ4n) is 1.11. The molecule has 2 nitrogen and oxygen atoms in total. The molecule has 0 aliphatic carbocycles. The van der Waals surface area contributed by atoms with E-state index in [4.69, 9.17) is 6.42 Å². The van der Waals surface area contributed by atoms with E-state index in [0.29, 0.717) is 0 Å². The first kappa shape index (κ1) is 12.0. The van der Waals surface area contributed by atoms with Crippen LogP contribution in [0, 0.1) is 12.3 Å². The van der Waals surface area contributed by atoms with Crippen molar-refractivity contribution in [3.05, 3.63) is 6.42 Å². The molecule has 0 N–H and O–H groups in total. The minimum absolute atomic E-state index is 0.811. The summed E-state index contributed by atoms with van der Waals surface area (Å²) in [6.45, 7) is 0. The first-order chi connectivity index (χ1) is 6.41. The third kappa shape index (κ3) is 11.0. The quantitative estimate of drug-likeness (QED) is 0.243. The Labute approximate surface area is 81.4 Å². The number of unbranched alkanes of at least 4 members (excludes halogenated alkanes) is 6. The number of oxime groups is 1. The third-order valence-electron chi connectivity index (χ3n) is 1.81. The van der Waals surface area contributed by atoms with E-state index in [9.17, 15) is 0 Å². The Bertz CT molecular complexity index is 158. The topological polar surface area (TPSA) is 21.6 Å². The van der Waals surface area contributed by atoms with Crippen molar-refractivity contribution in [1.82, 2.24) is 0 Å². The van der Waals surface area contributed by atoms with Crippen LogP contribution in [-0.4, -0.2) is 13.3 Å². The van der Waals surface area contributed by atoms with Crippen LogP contribution >= 0.6 is 0 Å². The Morgan fingerprint density at radius 1 is 1.23 bits per heavy atom. The van der Waals surface area contributed by atoms with Gasteiger partial charge in [0.2, 0.25) is 0 Å². The van der Waals surface area contributed by atoms with Gasteiger partial charge in [-0.2, -0.15) is 0 Å². The molecule has 0 spiro atoms. The van der Waals surface area contributed by atoms with E-state index in [1.54, 1.807) is 7.11 Å². The summed E-state index contributed by atoms with van der Waals surface area (Å²) in [6.07, 6.45) is 16.3. The average molecular weight is 180 g/mol. The van der Waals surface area contributed by atoms with E-state index in [0.717, 1.165) is 19.3 Å². The van der Waals surface area contributed by atoms with Crippen molar-refractivity contribution in [3.8, 4) is 5.92 Å². The maximum atomic E-state index is 6.71. The predicted molar refractivity (Wildman–Crippen MR) is 55.0 cm³/mol. The van der Waals surface area contributed by atoms with Gasteiger partial charge in [-0.1, -0.05) is 30.3 Å². The van der Waals surface area contributed by atoms with Gasteiger partial charge < -0.3 is 4.84 Å². The van der Waals surface area contributed by atoms with Crippen LogP contribution in [0.5, 0.6) is 0 Å². The van der Waals surface area contributed by atoms with Crippen LogP contribution in [0.2, 0.25) is 0 Å². The molecule has 0 aromatic rings. The normalized spacial score (nSPS) is 10.2. The Hall–Kier alpha value is -0.970. The smallest absolute Gasteiger partial charge is 0.106 e. The molecule has 0 aliphatic heterocycles. The summed E-state index contributed by atoms with van der Waals surface area (Å²) < 4.78 is 0. The highest BCUT2D eigenvalue weighted by Crippen LogP contribution is 2.05. The highest BCUT2D eigenvalue weighted by Gasteiger charge is 1.88. The molecule has 1 radical (unpaired) electrons. The molecule has 0 saturated heterocycles. The van der Waals surface area contributed by atoms with Crippen LogP contribution in [0.1, 0.15) is 44.9 Å². The van der Waals surface area contributed by atoms with Crippen LogP contribution in [0.25, 0.3) is 0 Å². The van der Waals surface area contributed by atoms with E-state index in [-0.39, 0.29) is 0 Å². The molecule has 0 saturated carbocycles. The Kier molecular flexibility index (Phi) is 10.2. The minimum atomic E-state index is 0.811. The van der Waals surface area contributed by atoms with Crippen molar-refractivity contribution in [2.45, 2.75) is 44.9 Å². The second-order valence-electron chi connectivity index (χ2n) is 2.95. The standard InChI is InChI=1S/C11H18NO/c1-3-4-5-6-7-8-9-10-11-12-13-2/h11H,4-10H2,2H3. The van der Waals surface area contributed by atoms with Crippen LogP contribution in [0.15, 0.2) is 5.16 Å². The highest BCUT2D eigenvalue weighted by atomic mass is 16.6. The summed E-state index contributed by atoms with van der Waals surface area (Å²) in [5.41, 5.74) is 0. The van der Waals surface area contributed by atoms with Gasteiger partial charge in [0.15, 0.2) is 0 Å². The summed E-state index contributed by atoms with van der Waals surface area (Å²) in [5, 5.41) is 3.66. The molecule has 0 amide bonds. The average Bonchev–Trinajstić information content (AvgIpc) is 2.16. The van der Waals surface area contributed by atoms with E-state index in [1.807, 2.05) is 6.21 Å². The second-order valence-corrected chi connectivity index (χ2v) is 2.95. The first-order valence-corrected chi connectivity index (χ1v) is 4.86. The maximum Gasteiger partial charge on any atom is 0.106 e. The lowest BCUT2D eigenvalue weighted by Crippen LogP contribution is -1.81. The molecule has 0 aromatic carbocycles. The molecule has 0 unspecified atom stereocenters. The maximum absolute atomic E-state index is 6.71. The summed E-state index contributed by atoms with van der Waals surface area (Å²) in [5.74, 6) is 2.40. The van der Waals surface area contributed by atoms with Crippen LogP contribution in [0.3, 0.4) is 0 Å². The van der Waals surface area contributed by atoms with Gasteiger partial charge in [0.1, 0.15) is 7.11 Å². The van der Waals surface area contributed by atoms with E-state index in [1.165, 1.54) is 25.7 Å². The molecule has 0 atom stereocenters. The number of hydrogen-bond acceptors (Lipinski definition) is 2. The zero-order valence-corrected chi connectivity index (χ0v) is 8.38. The second kappa shape index (κ2) is 11.0. The van der Waals surface area contributed by atoms with Gasteiger partial charge in [0, 0.05) is 12.6 Å². The molecule has 73 valence electrons. The summed E-state index contributed by atoms with van der Waals surface area (Å²) in [6, 6.07) is 0. The molecule has 0 fully saturated rings. The van der Waals surface area contributed by atoms with Gasteiger partial charge in [0.05, 0.1) is 0 Å². The van der Waals surface area contributed by atoms with Crippen molar-refractivity contribution >= 4 is 6.21 Å². The zero-order valence-electron chi connectivity index (χ0n) is 8.38. The van der Waals surface area contributed by atoms with E-state index < -0.39 is 0 Å². The largest absolute Gasteiger partial charge is 0.399 e. The molecule has 13 heavy (non-hydrogen) atoms. The van der Waals surface area contributed by atoms with E-state index >= 15 is 0 Å². The van der Waals surface area contributed by atoms with Crippen molar-refractivity contribution in [2.75, 3.05) is 7.11 Å². The fourth-order valence-corrected chi connectivity index (χ4v) is 1.11. The van der Waals surface area contributed by atoms with Crippen molar-refractivity contribution in [2.24, 2.45) is 5.16 Å². The third-order valence-corrected chi connectivity index (χ3v) is 1.81. The molecule has 0 aromatic heterocycles. The fraction of sp³-hybridized carbons (Fsp3) is 0.727. The van der Waals surface area contributed by atoms with E-state index in [2.05, 4.69) is 15.9 Å². The number of hydrogen-bond donors (Lipinski definition) is 0. The number of rotatable bonds is 8. The minimum Gasteiger partial charge on any atom is -0.399 e. The molecule has 0 aliphatic rings. The summed E-state index contributed by atoms with van der Waals surface area (Å²) >= 11 is 0. The first-order valence-electron chi connectivity index (χ1n) is 4.86. The van der Waals surface area contributed by atoms with Gasteiger partial charge in [-0.3, -0.25) is 0 Å². The van der Waals surface area contributed by atoms with Gasteiger partial charge in [-0.15, -0.1) is 0 Å². The van der Waals surface area contributed by atoms with Gasteiger partial charge in [-0.25, -0.2) is 0 Å². The molecular weight excluding hydrogens is 162 g/mol. The Balaban J connectivity index is 2.92. The highest BCUT2D eigenvalue weighted by molar-refractivity contribution is 5.55. The SMILES string of the molecule is [C]#CCCCCCCCC=NOC.